The van der Waals surface area contributed by atoms with Crippen LogP contribution in [0.3, 0.4) is 0 Å². The van der Waals surface area contributed by atoms with E-state index in [0.29, 0.717) is 22.7 Å². The molecule has 1 atom stereocenters. The van der Waals surface area contributed by atoms with E-state index in [1.54, 1.807) is 18.2 Å². The molecule has 3 nitrogen and oxygen atoms in total. The van der Waals surface area contributed by atoms with E-state index >= 15 is 0 Å². The Labute approximate surface area is 160 Å². The molecule has 2 heterocycles. The largest absolute Gasteiger partial charge is 0.456 e. The van der Waals surface area contributed by atoms with Crippen LogP contribution in [0.5, 0.6) is 5.75 Å². The third-order valence-corrected chi connectivity index (χ3v) is 4.93. The zero-order chi connectivity index (χ0) is 19.1. The van der Waals surface area contributed by atoms with Gasteiger partial charge in [-0.25, -0.2) is 9.18 Å². The second-order valence-corrected chi connectivity index (χ2v) is 6.66. The Hall–Kier alpha value is -3.66. The van der Waals surface area contributed by atoms with Gasteiger partial charge in [-0.15, -0.1) is 0 Å². The van der Waals surface area contributed by atoms with Gasteiger partial charge in [-0.05, 0) is 35.9 Å². The third kappa shape index (κ3) is 2.70. The summed E-state index contributed by atoms with van der Waals surface area (Å²) in [5.41, 5.74) is 2.13. The van der Waals surface area contributed by atoms with Crippen molar-refractivity contribution in [3.05, 3.63) is 118 Å². The van der Waals surface area contributed by atoms with Crippen molar-refractivity contribution in [1.82, 2.24) is 0 Å². The smallest absolute Gasteiger partial charge is 0.344 e. The summed E-state index contributed by atoms with van der Waals surface area (Å²) in [5, 5.41) is 0.728. The molecule has 4 heteroatoms. The minimum absolute atomic E-state index is 0.325. The third-order valence-electron chi connectivity index (χ3n) is 4.93. The zero-order valence-corrected chi connectivity index (χ0v) is 14.8. The molecule has 1 aliphatic rings. The molecular weight excluding hydrogens is 355 g/mol. The zero-order valence-electron chi connectivity index (χ0n) is 14.8. The van der Waals surface area contributed by atoms with E-state index in [0.717, 1.165) is 16.5 Å². The minimum Gasteiger partial charge on any atom is -0.456 e. The molecule has 0 saturated carbocycles. The Morgan fingerprint density at radius 3 is 2.32 bits per heavy atom. The second-order valence-electron chi connectivity index (χ2n) is 6.66. The van der Waals surface area contributed by atoms with Crippen LogP contribution in [0.1, 0.15) is 22.6 Å². The fraction of sp³-hybridized carbons (Fsp3) is 0.0417. The number of rotatable bonds is 2. The molecule has 136 valence electrons. The van der Waals surface area contributed by atoms with Crippen molar-refractivity contribution in [3.63, 3.8) is 0 Å². The predicted molar refractivity (Wildman–Crippen MR) is 106 cm³/mol. The number of para-hydroxylation sites is 1. The summed E-state index contributed by atoms with van der Waals surface area (Å²) in [4.78, 5) is 12.8. The maximum absolute atomic E-state index is 13.5. The maximum Gasteiger partial charge on any atom is 0.344 e. The summed E-state index contributed by atoms with van der Waals surface area (Å²) in [7, 11) is 0. The molecule has 5 rings (SSSR count). The summed E-state index contributed by atoms with van der Waals surface area (Å²) in [5.74, 6) is 0.412. The normalized spacial score (nSPS) is 15.6. The van der Waals surface area contributed by atoms with Gasteiger partial charge in [0.05, 0.1) is 10.9 Å². The summed E-state index contributed by atoms with van der Waals surface area (Å²) in [6.45, 7) is 0. The van der Waals surface area contributed by atoms with Crippen molar-refractivity contribution in [1.29, 1.82) is 0 Å². The van der Waals surface area contributed by atoms with E-state index in [1.165, 1.54) is 12.1 Å². The number of ether oxygens (including phenoxy) is 1. The summed E-state index contributed by atoms with van der Waals surface area (Å²) >= 11 is 0. The lowest BCUT2D eigenvalue weighted by atomic mass is 9.88. The van der Waals surface area contributed by atoms with Crippen LogP contribution in [0, 0.1) is 5.82 Å². The molecule has 0 spiro atoms. The first-order valence-corrected chi connectivity index (χ1v) is 8.97. The molecule has 0 fully saturated rings. The number of hydrogen-bond donors (Lipinski definition) is 0. The van der Waals surface area contributed by atoms with Gasteiger partial charge >= 0.3 is 5.63 Å². The molecule has 1 aromatic heterocycles. The van der Waals surface area contributed by atoms with Crippen molar-refractivity contribution in [2.75, 3.05) is 0 Å². The van der Waals surface area contributed by atoms with Crippen molar-refractivity contribution in [3.8, 4) is 5.75 Å². The topological polar surface area (TPSA) is 39.4 Å². The van der Waals surface area contributed by atoms with Crippen LogP contribution in [0.4, 0.5) is 4.39 Å². The van der Waals surface area contributed by atoms with Crippen LogP contribution in [-0.4, -0.2) is 0 Å². The first-order valence-electron chi connectivity index (χ1n) is 8.97. The Balaban J connectivity index is 1.79. The highest BCUT2D eigenvalue weighted by molar-refractivity contribution is 5.87. The van der Waals surface area contributed by atoms with E-state index in [4.69, 9.17) is 9.15 Å². The molecule has 0 N–H and O–H groups in total. The van der Waals surface area contributed by atoms with Crippen LogP contribution in [-0.2, 0) is 0 Å². The van der Waals surface area contributed by atoms with E-state index in [1.807, 2.05) is 54.6 Å². The van der Waals surface area contributed by atoms with Crippen LogP contribution in [0.25, 0.3) is 16.7 Å². The van der Waals surface area contributed by atoms with Gasteiger partial charge in [-0.2, -0.15) is 0 Å². The van der Waals surface area contributed by atoms with Crippen molar-refractivity contribution < 1.29 is 13.5 Å². The van der Waals surface area contributed by atoms with Gasteiger partial charge < -0.3 is 9.15 Å². The van der Waals surface area contributed by atoms with Gasteiger partial charge in [0.2, 0.25) is 0 Å². The van der Waals surface area contributed by atoms with E-state index < -0.39 is 11.5 Å². The first-order chi connectivity index (χ1) is 13.7. The van der Waals surface area contributed by atoms with Crippen molar-refractivity contribution in [2.45, 2.75) is 5.92 Å². The Bertz CT molecular complexity index is 1250. The van der Waals surface area contributed by atoms with Gasteiger partial charge in [0.15, 0.2) is 0 Å². The first kappa shape index (κ1) is 16.5. The van der Waals surface area contributed by atoms with E-state index in [2.05, 4.69) is 0 Å². The molecule has 0 bridgehead atoms. The van der Waals surface area contributed by atoms with Crippen molar-refractivity contribution in [2.24, 2.45) is 0 Å². The molecule has 1 unspecified atom stereocenters. The average molecular weight is 370 g/mol. The van der Waals surface area contributed by atoms with Crippen molar-refractivity contribution >= 4 is 16.7 Å². The highest BCUT2D eigenvalue weighted by Gasteiger charge is 2.30. The number of benzene rings is 3. The van der Waals surface area contributed by atoms with Gasteiger partial charge in [-0.1, -0.05) is 54.6 Å². The lowest BCUT2D eigenvalue weighted by Crippen LogP contribution is -2.19. The number of halogens is 1. The van der Waals surface area contributed by atoms with Crippen LogP contribution >= 0.6 is 0 Å². The van der Waals surface area contributed by atoms with Gasteiger partial charge in [0.25, 0.3) is 0 Å². The number of fused-ring (bicyclic) bond motifs is 3. The Morgan fingerprint density at radius 2 is 1.54 bits per heavy atom. The summed E-state index contributed by atoms with van der Waals surface area (Å²) in [6.07, 6.45) is 1.89. The van der Waals surface area contributed by atoms with Gasteiger partial charge in [0, 0.05) is 11.5 Å². The standard InChI is InChI=1S/C24H15FO3/c25-17-12-10-15(11-13-17)19-14-21(16-6-2-1-3-7-16)27-23-18-8-4-5-9-20(18)28-24(26)22(19)23/h1-14,19H. The van der Waals surface area contributed by atoms with Crippen LogP contribution < -0.4 is 10.4 Å². The molecule has 28 heavy (non-hydrogen) atoms. The fourth-order valence-corrected chi connectivity index (χ4v) is 3.58. The molecule has 0 radical (unpaired) electrons. The lowest BCUT2D eigenvalue weighted by molar-refractivity contribution is 0.472. The Kier molecular flexibility index (Phi) is 3.83. The minimum atomic E-state index is -0.452. The van der Waals surface area contributed by atoms with Crippen LogP contribution in [0.15, 0.2) is 94.2 Å². The van der Waals surface area contributed by atoms with Gasteiger partial charge in [-0.3, -0.25) is 0 Å². The predicted octanol–water partition coefficient (Wildman–Crippen LogP) is 5.50. The highest BCUT2D eigenvalue weighted by Crippen LogP contribution is 2.42. The fourth-order valence-electron chi connectivity index (χ4n) is 3.58. The lowest BCUT2D eigenvalue weighted by Gasteiger charge is -2.25. The molecule has 1 aliphatic heterocycles. The highest BCUT2D eigenvalue weighted by atomic mass is 19.1. The summed E-state index contributed by atoms with van der Waals surface area (Å²) in [6, 6.07) is 23.1. The quantitative estimate of drug-likeness (QED) is 0.438. The molecular formula is C24H15FO3. The number of hydrogen-bond acceptors (Lipinski definition) is 3. The average Bonchev–Trinajstić information content (AvgIpc) is 2.74. The SMILES string of the molecule is O=c1oc2ccccc2c2c1C(c1ccc(F)cc1)C=C(c1ccccc1)O2. The van der Waals surface area contributed by atoms with E-state index in [-0.39, 0.29) is 5.82 Å². The molecule has 0 saturated heterocycles. The number of allylic oxidation sites excluding steroid dienone is 1. The Morgan fingerprint density at radius 1 is 0.821 bits per heavy atom. The second kappa shape index (κ2) is 6.50. The summed E-state index contributed by atoms with van der Waals surface area (Å²) < 4.78 is 25.2. The maximum atomic E-state index is 13.5. The van der Waals surface area contributed by atoms with E-state index in [9.17, 15) is 9.18 Å². The monoisotopic (exact) mass is 370 g/mol. The van der Waals surface area contributed by atoms with Crippen LogP contribution in [0.2, 0.25) is 0 Å². The molecule has 3 aromatic carbocycles. The molecule has 0 amide bonds. The van der Waals surface area contributed by atoms with Gasteiger partial charge in [0.1, 0.15) is 22.9 Å². The molecule has 4 aromatic rings. The molecule has 0 aliphatic carbocycles.